The number of ketones is 4. The third-order valence-electron chi connectivity index (χ3n) is 14.2. The van der Waals surface area contributed by atoms with Gasteiger partial charge in [0.25, 0.3) is 0 Å². The summed E-state index contributed by atoms with van der Waals surface area (Å²) in [5, 5.41) is 75.7. The smallest absolute Gasteiger partial charge is 0.205 e. The van der Waals surface area contributed by atoms with Crippen LogP contribution in [-0.2, 0) is 0 Å². The molecule has 308 valence electrons. The van der Waals surface area contributed by atoms with Gasteiger partial charge in [-0.25, -0.2) is 0 Å². The van der Waals surface area contributed by atoms with E-state index in [1.807, 2.05) is 0 Å². The number of hydrogen-bond acceptors (Lipinski definition) is 10. The Morgan fingerprint density at radius 2 is 0.552 bits per heavy atom. The molecule has 0 saturated heterocycles. The molecule has 1 saturated carbocycles. The number of Topliss-reactive ketones (excluding diaryl/α,β-unsaturated/α-hetero) is 4. The molecule has 0 aliphatic heterocycles. The zero-order valence-corrected chi connectivity index (χ0v) is 36.9. The van der Waals surface area contributed by atoms with Crippen molar-refractivity contribution in [2.24, 2.45) is 0 Å². The molecule has 1 fully saturated rings. The minimum atomic E-state index is -4.49. The second-order valence-corrected chi connectivity index (χ2v) is 29.7. The summed E-state index contributed by atoms with van der Waals surface area (Å²) < 4.78 is 0. The van der Waals surface area contributed by atoms with Crippen molar-refractivity contribution < 1.29 is 49.8 Å². The van der Waals surface area contributed by atoms with E-state index < -0.39 is 98.9 Å². The molecule has 0 aromatic heterocycles. The van der Waals surface area contributed by atoms with Gasteiger partial charge in [0, 0.05) is 22.3 Å². The molecular weight excluding hydrogens is 769 g/mol. The zero-order chi connectivity index (χ0) is 43.8. The molecule has 0 amide bonds. The van der Waals surface area contributed by atoms with Crippen LogP contribution in [0.3, 0.4) is 0 Å². The molecule has 58 heavy (non-hydrogen) atoms. The topological polar surface area (TPSA) is 190 Å². The summed E-state index contributed by atoms with van der Waals surface area (Å²) in [5.74, 6) is -6.28. The van der Waals surface area contributed by atoms with Gasteiger partial charge in [-0.3, -0.25) is 19.2 Å². The maximum atomic E-state index is 15.9. The molecule has 1 aliphatic rings. The van der Waals surface area contributed by atoms with Crippen molar-refractivity contribution in [1.82, 2.24) is 0 Å². The highest BCUT2D eigenvalue weighted by Crippen LogP contribution is 2.70. The quantitative estimate of drug-likeness (QED) is 0.0816. The van der Waals surface area contributed by atoms with E-state index in [2.05, 4.69) is 0 Å². The Kier molecular flexibility index (Phi) is 11.0. The van der Waals surface area contributed by atoms with Gasteiger partial charge in [0.05, 0.1) is 16.1 Å². The van der Waals surface area contributed by atoms with Crippen LogP contribution in [0.15, 0.2) is 121 Å². The third kappa shape index (κ3) is 5.36. The first-order valence-electron chi connectivity index (χ1n) is 19.3. The summed E-state index contributed by atoms with van der Waals surface area (Å²) >= 11 is 0. The Balaban J connectivity index is 2.28. The summed E-state index contributed by atoms with van der Waals surface area (Å²) in [4.78, 5) is 63.3. The molecule has 6 atom stereocenters. The Morgan fingerprint density at radius 1 is 0.362 bits per heavy atom. The van der Waals surface area contributed by atoms with E-state index in [0.29, 0.717) is 0 Å². The lowest BCUT2D eigenvalue weighted by atomic mass is 9.48. The first-order chi connectivity index (χ1) is 26.6. The van der Waals surface area contributed by atoms with Crippen molar-refractivity contribution in [1.29, 1.82) is 0 Å². The Hall–Kier alpha value is -4.25. The number of carbonyl (C=O) groups is 4. The van der Waals surface area contributed by atoms with Crippen LogP contribution < -0.4 is 0 Å². The summed E-state index contributed by atoms with van der Waals surface area (Å²) in [6, 6.07) is 27.5. The van der Waals surface area contributed by atoms with Gasteiger partial charge in [0.15, 0.2) is 22.6 Å². The van der Waals surface area contributed by atoms with E-state index in [1.165, 1.54) is 123 Å². The van der Waals surface area contributed by atoms with E-state index >= 15 is 19.2 Å². The van der Waals surface area contributed by atoms with Gasteiger partial charge < -0.3 is 30.6 Å². The first kappa shape index (κ1) is 44.8. The van der Waals surface area contributed by atoms with Gasteiger partial charge in [0.2, 0.25) is 23.0 Å². The van der Waals surface area contributed by atoms with Crippen LogP contribution in [0.1, 0.15) is 83.0 Å². The molecule has 12 heteroatoms. The van der Waals surface area contributed by atoms with Crippen molar-refractivity contribution in [2.45, 2.75) is 111 Å². The highest BCUT2D eigenvalue weighted by molar-refractivity contribution is 6.87. The lowest BCUT2D eigenvalue weighted by Gasteiger charge is -2.76. The van der Waals surface area contributed by atoms with Crippen LogP contribution in [0.2, 0.25) is 36.3 Å². The summed E-state index contributed by atoms with van der Waals surface area (Å²) in [5.41, 5.74) is -18.2. The van der Waals surface area contributed by atoms with Gasteiger partial charge in [-0.15, -0.1) is 0 Å². The van der Waals surface area contributed by atoms with Crippen LogP contribution in [0.4, 0.5) is 0 Å². The van der Waals surface area contributed by atoms with Crippen molar-refractivity contribution in [3.63, 3.8) is 0 Å². The third-order valence-corrected chi connectivity index (χ3v) is 26.7. The average molecular weight is 825 g/mol. The molecule has 10 nitrogen and oxygen atoms in total. The van der Waals surface area contributed by atoms with Crippen molar-refractivity contribution in [3.8, 4) is 0 Å². The van der Waals surface area contributed by atoms with Gasteiger partial charge >= 0.3 is 0 Å². The van der Waals surface area contributed by atoms with Gasteiger partial charge in [-0.1, -0.05) is 189 Å². The van der Waals surface area contributed by atoms with Crippen LogP contribution >= 0.6 is 0 Å². The second kappa shape index (κ2) is 14.2. The molecule has 0 radical (unpaired) electrons. The fourth-order valence-corrected chi connectivity index (χ4v) is 16.1. The normalized spacial score (nSPS) is 29.4. The Labute approximate surface area is 342 Å². The van der Waals surface area contributed by atoms with Gasteiger partial charge in [-0.2, -0.15) is 0 Å². The van der Waals surface area contributed by atoms with Crippen LogP contribution in [0.25, 0.3) is 0 Å². The molecule has 5 rings (SSSR count). The Morgan fingerprint density at radius 3 is 0.759 bits per heavy atom. The van der Waals surface area contributed by atoms with E-state index in [0.717, 1.165) is 0 Å². The van der Waals surface area contributed by atoms with Crippen molar-refractivity contribution in [3.05, 3.63) is 144 Å². The van der Waals surface area contributed by atoms with Gasteiger partial charge in [-0.05, 0) is 10.1 Å². The second-order valence-electron chi connectivity index (χ2n) is 18.8. The number of benzene rings is 4. The fourth-order valence-electron chi connectivity index (χ4n) is 8.97. The molecular formula is C46H56O10Si2. The van der Waals surface area contributed by atoms with Gasteiger partial charge in [0.1, 0.15) is 10.4 Å². The van der Waals surface area contributed by atoms with E-state index in [9.17, 15) is 30.6 Å². The lowest BCUT2D eigenvalue weighted by molar-refractivity contribution is -0.347. The largest absolute Gasteiger partial charge is 0.386 e. The highest BCUT2D eigenvalue weighted by atomic mass is 28.3. The Bertz CT molecular complexity index is 2110. The predicted molar refractivity (Wildman–Crippen MR) is 227 cm³/mol. The summed E-state index contributed by atoms with van der Waals surface area (Å²) in [6.07, 6.45) is 0. The SMILES string of the molecule is CC(C)(C)[Si](C)(C)[C@@]1(O)C(O)(C(=O)c2ccccc2)[C@](O)([Si](C)(C)C(C)(C)C)[C@](O)(C(=O)c2ccccc2)C(O)(C(=O)c2ccccc2)[C@]1(O)C(=O)c1ccccc1. The first-order valence-corrected chi connectivity index (χ1v) is 25.3. The maximum Gasteiger partial charge on any atom is 0.205 e. The molecule has 1 aliphatic carbocycles. The van der Waals surface area contributed by atoms with E-state index in [1.54, 1.807) is 65.8 Å². The van der Waals surface area contributed by atoms with E-state index in [4.69, 9.17) is 0 Å². The summed E-state index contributed by atoms with van der Waals surface area (Å²) in [6.45, 7) is 15.7. The number of aliphatic hydroxyl groups is 6. The van der Waals surface area contributed by atoms with Crippen LogP contribution in [-0.4, -0.2) is 103 Å². The average Bonchev–Trinajstić information content (AvgIpc) is 3.20. The highest BCUT2D eigenvalue weighted by Gasteiger charge is 2.99. The molecule has 0 bridgehead atoms. The zero-order valence-electron chi connectivity index (χ0n) is 34.9. The molecule has 0 spiro atoms. The molecule has 4 aromatic carbocycles. The minimum absolute atomic E-state index is 0.330. The molecule has 2 unspecified atom stereocenters. The molecule has 0 heterocycles. The maximum absolute atomic E-state index is 15.9. The fraction of sp³-hybridized carbons (Fsp3) is 0.391. The van der Waals surface area contributed by atoms with Crippen molar-refractivity contribution >= 4 is 39.3 Å². The van der Waals surface area contributed by atoms with E-state index in [-0.39, 0.29) is 5.56 Å². The van der Waals surface area contributed by atoms with Crippen molar-refractivity contribution in [2.75, 3.05) is 0 Å². The number of rotatable bonds is 10. The molecule has 4 aromatic rings. The molecule has 6 N–H and O–H groups in total. The standard InChI is InChI=1S/C46H56O10Si2/c1-39(2,3)57(7,8)45(55)42(52,36(48)32-25-17-12-18-26-32)41(51,35(47)31-23-15-11-16-24-31)43(53,37(49)33-27-19-13-20-28-33)46(56,58(9,10)40(4,5)6)44(45,54)38(50)34-29-21-14-22-30-34/h11-30,51-56H,1-10H3/t41?,42-,43+,44?,45-,46-/m1/s1. The monoisotopic (exact) mass is 824 g/mol. The minimum Gasteiger partial charge on any atom is -0.386 e. The van der Waals surface area contributed by atoms with Crippen LogP contribution in [0, 0.1) is 0 Å². The number of carbonyl (C=O) groups excluding carboxylic acids is 4. The van der Waals surface area contributed by atoms with Crippen LogP contribution in [0.5, 0.6) is 0 Å². The summed E-state index contributed by atoms with van der Waals surface area (Å²) in [7, 11) is -8.98. The number of hydrogen-bond donors (Lipinski definition) is 6. The lowest BCUT2D eigenvalue weighted by Crippen LogP contribution is -3.06. The predicted octanol–water partition coefficient (Wildman–Crippen LogP) is 6.01.